The van der Waals surface area contributed by atoms with E-state index in [-0.39, 0.29) is 11.5 Å². The van der Waals surface area contributed by atoms with Gasteiger partial charge in [-0.25, -0.2) is 0 Å². The first-order valence-corrected chi connectivity index (χ1v) is 5.41. The van der Waals surface area contributed by atoms with Crippen molar-refractivity contribution in [2.45, 2.75) is 33.3 Å². The number of rotatable bonds is 7. The highest BCUT2D eigenvalue weighted by Crippen LogP contribution is 2.13. The van der Waals surface area contributed by atoms with Gasteiger partial charge in [-0.15, -0.1) is 0 Å². The van der Waals surface area contributed by atoms with Crippen LogP contribution < -0.4 is 5.32 Å². The molecule has 0 spiro atoms. The topological polar surface area (TPSA) is 35.5 Å². The number of hydrogen-bond acceptors (Lipinski definition) is 3. The van der Waals surface area contributed by atoms with Gasteiger partial charge in [0.05, 0.1) is 6.10 Å². The molecule has 1 atom stereocenters. The largest absolute Gasteiger partial charge is 0.392 e. The van der Waals surface area contributed by atoms with Gasteiger partial charge in [0.2, 0.25) is 0 Å². The fourth-order valence-electron chi connectivity index (χ4n) is 1.63. The van der Waals surface area contributed by atoms with Gasteiger partial charge < -0.3 is 15.3 Å². The molecule has 14 heavy (non-hydrogen) atoms. The Balaban J connectivity index is 3.65. The molecule has 0 radical (unpaired) electrons. The SMILES string of the molecule is CCC(O)CNCC(C)(C)CN(C)C. The van der Waals surface area contributed by atoms with E-state index in [1.54, 1.807) is 0 Å². The van der Waals surface area contributed by atoms with Gasteiger partial charge in [0.15, 0.2) is 0 Å². The molecule has 0 fully saturated rings. The number of nitrogens with one attached hydrogen (secondary N) is 1. The summed E-state index contributed by atoms with van der Waals surface area (Å²) in [5.41, 5.74) is 0.261. The molecule has 0 aromatic rings. The van der Waals surface area contributed by atoms with E-state index in [1.165, 1.54) is 0 Å². The molecule has 0 heterocycles. The summed E-state index contributed by atoms with van der Waals surface area (Å²) in [4.78, 5) is 2.19. The van der Waals surface area contributed by atoms with Crippen LogP contribution in [0.15, 0.2) is 0 Å². The van der Waals surface area contributed by atoms with Crippen LogP contribution >= 0.6 is 0 Å². The third-order valence-electron chi connectivity index (χ3n) is 2.20. The normalized spacial score (nSPS) is 14.8. The number of aliphatic hydroxyl groups excluding tert-OH is 1. The van der Waals surface area contributed by atoms with Crippen LogP contribution in [-0.4, -0.2) is 49.8 Å². The predicted octanol–water partition coefficient (Wildman–Crippen LogP) is 0.935. The average Bonchev–Trinajstić information content (AvgIpc) is 2.01. The molecule has 0 aromatic heterocycles. The summed E-state index contributed by atoms with van der Waals surface area (Å²) in [6.07, 6.45) is 0.617. The molecule has 0 bridgehead atoms. The second-order valence-electron chi connectivity index (χ2n) is 5.09. The summed E-state index contributed by atoms with van der Waals surface area (Å²) in [5, 5.41) is 12.7. The predicted molar refractivity (Wildman–Crippen MR) is 61.5 cm³/mol. The molecule has 3 heteroatoms. The van der Waals surface area contributed by atoms with Crippen LogP contribution in [0, 0.1) is 5.41 Å². The summed E-state index contributed by atoms with van der Waals surface area (Å²) >= 11 is 0. The van der Waals surface area contributed by atoms with E-state index in [0.717, 1.165) is 19.5 Å². The molecule has 1 unspecified atom stereocenters. The van der Waals surface area contributed by atoms with Crippen LogP contribution in [0.25, 0.3) is 0 Å². The average molecular weight is 202 g/mol. The molecule has 0 saturated carbocycles. The highest BCUT2D eigenvalue weighted by Gasteiger charge is 2.18. The van der Waals surface area contributed by atoms with Gasteiger partial charge in [-0.3, -0.25) is 0 Å². The van der Waals surface area contributed by atoms with E-state index in [9.17, 15) is 5.11 Å². The Bertz CT molecular complexity index is 146. The third kappa shape index (κ3) is 7.30. The van der Waals surface area contributed by atoms with Gasteiger partial charge >= 0.3 is 0 Å². The van der Waals surface area contributed by atoms with Gasteiger partial charge in [0, 0.05) is 19.6 Å². The minimum atomic E-state index is -0.204. The first-order valence-electron chi connectivity index (χ1n) is 5.41. The van der Waals surface area contributed by atoms with Crippen molar-refractivity contribution in [2.75, 3.05) is 33.7 Å². The summed E-state index contributed by atoms with van der Waals surface area (Å²) in [6.45, 7) is 9.17. The Morgan fingerprint density at radius 3 is 2.36 bits per heavy atom. The second kappa shape index (κ2) is 6.38. The standard InChI is InChI=1S/C11H26N2O/c1-6-10(14)7-12-8-11(2,3)9-13(4)5/h10,12,14H,6-9H2,1-5H3. The fourth-order valence-corrected chi connectivity index (χ4v) is 1.63. The highest BCUT2D eigenvalue weighted by molar-refractivity contribution is 4.74. The lowest BCUT2D eigenvalue weighted by atomic mass is 9.93. The molecule has 2 N–H and O–H groups in total. The van der Waals surface area contributed by atoms with E-state index in [1.807, 2.05) is 6.92 Å². The minimum Gasteiger partial charge on any atom is -0.392 e. The van der Waals surface area contributed by atoms with Gasteiger partial charge in [-0.2, -0.15) is 0 Å². The van der Waals surface area contributed by atoms with Gasteiger partial charge in [-0.1, -0.05) is 20.8 Å². The van der Waals surface area contributed by atoms with Crippen molar-refractivity contribution in [1.82, 2.24) is 10.2 Å². The number of nitrogens with zero attached hydrogens (tertiary/aromatic N) is 1. The van der Waals surface area contributed by atoms with Crippen molar-refractivity contribution in [3.8, 4) is 0 Å². The van der Waals surface area contributed by atoms with Crippen molar-refractivity contribution < 1.29 is 5.11 Å². The molecule has 0 saturated heterocycles. The first-order chi connectivity index (χ1) is 6.37. The lowest BCUT2D eigenvalue weighted by molar-refractivity contribution is 0.156. The summed E-state index contributed by atoms with van der Waals surface area (Å²) in [7, 11) is 4.17. The first kappa shape index (κ1) is 13.9. The zero-order chi connectivity index (χ0) is 11.2. The van der Waals surface area contributed by atoms with Crippen molar-refractivity contribution >= 4 is 0 Å². The Labute approximate surface area is 88.5 Å². The zero-order valence-electron chi connectivity index (χ0n) is 10.3. The molecule has 3 nitrogen and oxygen atoms in total. The van der Waals surface area contributed by atoms with E-state index in [2.05, 4.69) is 38.2 Å². The maximum absolute atomic E-state index is 9.36. The quantitative estimate of drug-likeness (QED) is 0.645. The second-order valence-corrected chi connectivity index (χ2v) is 5.09. The Morgan fingerprint density at radius 2 is 1.93 bits per heavy atom. The highest BCUT2D eigenvalue weighted by atomic mass is 16.3. The molecule has 0 aromatic carbocycles. The molecular weight excluding hydrogens is 176 g/mol. The molecule has 0 aliphatic carbocycles. The van der Waals surface area contributed by atoms with Crippen LogP contribution in [0.3, 0.4) is 0 Å². The van der Waals surface area contributed by atoms with Crippen molar-refractivity contribution in [1.29, 1.82) is 0 Å². The van der Waals surface area contributed by atoms with Gasteiger partial charge in [0.25, 0.3) is 0 Å². The smallest absolute Gasteiger partial charge is 0.0662 e. The molecule has 0 amide bonds. The monoisotopic (exact) mass is 202 g/mol. The van der Waals surface area contributed by atoms with Crippen molar-refractivity contribution in [3.63, 3.8) is 0 Å². The molecule has 86 valence electrons. The van der Waals surface area contributed by atoms with Crippen molar-refractivity contribution in [2.24, 2.45) is 5.41 Å². The lowest BCUT2D eigenvalue weighted by Gasteiger charge is -2.29. The summed E-state index contributed by atoms with van der Waals surface area (Å²) in [5.74, 6) is 0. The van der Waals surface area contributed by atoms with Crippen LogP contribution in [0.2, 0.25) is 0 Å². The van der Waals surface area contributed by atoms with Crippen LogP contribution in [0.4, 0.5) is 0 Å². The number of aliphatic hydroxyl groups is 1. The maximum atomic E-state index is 9.36. The molecule has 0 aliphatic heterocycles. The van der Waals surface area contributed by atoms with Crippen LogP contribution in [0.5, 0.6) is 0 Å². The van der Waals surface area contributed by atoms with Gasteiger partial charge in [-0.05, 0) is 25.9 Å². The summed E-state index contributed by atoms with van der Waals surface area (Å²) in [6, 6.07) is 0. The van der Waals surface area contributed by atoms with Crippen LogP contribution in [-0.2, 0) is 0 Å². The maximum Gasteiger partial charge on any atom is 0.0662 e. The Morgan fingerprint density at radius 1 is 1.36 bits per heavy atom. The van der Waals surface area contributed by atoms with E-state index < -0.39 is 0 Å². The van der Waals surface area contributed by atoms with Crippen molar-refractivity contribution in [3.05, 3.63) is 0 Å². The van der Waals surface area contributed by atoms with Crippen LogP contribution in [0.1, 0.15) is 27.2 Å². The minimum absolute atomic E-state index is 0.204. The van der Waals surface area contributed by atoms with Gasteiger partial charge in [0.1, 0.15) is 0 Å². The lowest BCUT2D eigenvalue weighted by Crippen LogP contribution is -2.40. The third-order valence-corrected chi connectivity index (χ3v) is 2.20. The molecule has 0 rings (SSSR count). The zero-order valence-corrected chi connectivity index (χ0v) is 10.3. The van der Waals surface area contributed by atoms with E-state index in [0.29, 0.717) is 6.54 Å². The Hall–Kier alpha value is -0.120. The fraction of sp³-hybridized carbons (Fsp3) is 1.00. The summed E-state index contributed by atoms with van der Waals surface area (Å²) < 4.78 is 0. The van der Waals surface area contributed by atoms with E-state index >= 15 is 0 Å². The molecule has 0 aliphatic rings. The Kier molecular flexibility index (Phi) is 6.33. The van der Waals surface area contributed by atoms with E-state index in [4.69, 9.17) is 0 Å². The number of hydrogen-bond donors (Lipinski definition) is 2. The molecular formula is C11H26N2O.